The van der Waals surface area contributed by atoms with E-state index in [1.807, 2.05) is 20.8 Å². The van der Waals surface area contributed by atoms with Crippen molar-refractivity contribution in [3.8, 4) is 0 Å². The molecule has 3 saturated carbocycles. The lowest BCUT2D eigenvalue weighted by Crippen LogP contribution is -2.48. The zero-order chi connectivity index (χ0) is 21.9. The van der Waals surface area contributed by atoms with Crippen molar-refractivity contribution in [2.24, 2.45) is 34.5 Å². The van der Waals surface area contributed by atoms with Crippen LogP contribution in [0.4, 0.5) is 0 Å². The molecule has 0 bridgehead atoms. The van der Waals surface area contributed by atoms with Gasteiger partial charge in [-0.25, -0.2) is 0 Å². The maximum atomic E-state index is 11.7. The number of aliphatic hydroxyl groups is 1. The van der Waals surface area contributed by atoms with Crippen molar-refractivity contribution in [2.75, 3.05) is 6.61 Å². The van der Waals surface area contributed by atoms with Crippen molar-refractivity contribution in [1.82, 2.24) is 0 Å². The van der Waals surface area contributed by atoms with E-state index in [0.29, 0.717) is 29.8 Å². The van der Waals surface area contributed by atoms with E-state index in [9.17, 15) is 9.90 Å². The van der Waals surface area contributed by atoms with Crippen molar-refractivity contribution in [3.05, 3.63) is 11.6 Å². The van der Waals surface area contributed by atoms with E-state index < -0.39 is 0 Å². The SMILES string of the molecule is CC.CCOC(=O)CCCC1CCC2C3CCC4CC(O)CCC4(C)C3=CCC12C. The number of carbonyl (C=O) groups excluding carboxylic acids is 1. The van der Waals surface area contributed by atoms with Crippen LogP contribution in [0.1, 0.15) is 105 Å². The molecule has 0 heterocycles. The average molecular weight is 419 g/mol. The number of esters is 1. The topological polar surface area (TPSA) is 46.5 Å². The standard InChI is InChI=1S/C25H40O3.C2H6/c1-4-28-23(27)7-5-6-17-9-11-21-20-10-8-18-16-19(26)12-14-25(18,3)22(20)13-15-24(17,21)2;1-2/h13,17-21,26H,4-12,14-16H2,1-3H3;1-2H3. The minimum Gasteiger partial charge on any atom is -0.466 e. The van der Waals surface area contributed by atoms with Gasteiger partial charge >= 0.3 is 5.97 Å². The number of rotatable bonds is 5. The summed E-state index contributed by atoms with van der Waals surface area (Å²) in [4.78, 5) is 11.7. The molecule has 1 N–H and O–H groups in total. The first kappa shape index (κ1) is 23.8. The molecule has 172 valence electrons. The third-order valence-electron chi connectivity index (χ3n) is 9.43. The lowest BCUT2D eigenvalue weighted by atomic mass is 9.48. The Bertz CT molecular complexity index is 626. The molecule has 0 saturated heterocycles. The Hall–Kier alpha value is -0.830. The second-order valence-electron chi connectivity index (χ2n) is 10.7. The van der Waals surface area contributed by atoms with Gasteiger partial charge in [0.2, 0.25) is 0 Å². The Morgan fingerprint density at radius 3 is 2.67 bits per heavy atom. The molecule has 7 unspecified atom stereocenters. The molecule has 3 nitrogen and oxygen atoms in total. The van der Waals surface area contributed by atoms with Crippen molar-refractivity contribution >= 4 is 5.97 Å². The number of aliphatic hydroxyl groups excluding tert-OH is 1. The van der Waals surface area contributed by atoms with Crippen molar-refractivity contribution in [1.29, 1.82) is 0 Å². The normalized spacial score (nSPS) is 42.1. The van der Waals surface area contributed by atoms with Crippen LogP contribution in [0.3, 0.4) is 0 Å². The largest absolute Gasteiger partial charge is 0.466 e. The van der Waals surface area contributed by atoms with E-state index in [4.69, 9.17) is 4.74 Å². The molecule has 0 radical (unpaired) electrons. The molecule has 0 aromatic rings. The fourth-order valence-electron chi connectivity index (χ4n) is 7.81. The number of hydrogen-bond donors (Lipinski definition) is 1. The van der Waals surface area contributed by atoms with Gasteiger partial charge in [-0.1, -0.05) is 39.3 Å². The van der Waals surface area contributed by atoms with Crippen LogP contribution in [-0.4, -0.2) is 23.8 Å². The highest BCUT2D eigenvalue weighted by Crippen LogP contribution is 2.65. The first-order chi connectivity index (χ1) is 14.4. The summed E-state index contributed by atoms with van der Waals surface area (Å²) in [6.07, 6.45) is 15.0. The van der Waals surface area contributed by atoms with Crippen LogP contribution in [0.5, 0.6) is 0 Å². The maximum Gasteiger partial charge on any atom is 0.305 e. The molecule has 30 heavy (non-hydrogen) atoms. The molecular formula is C27H46O3. The van der Waals surface area contributed by atoms with Gasteiger partial charge in [0.15, 0.2) is 0 Å². The smallest absolute Gasteiger partial charge is 0.305 e. The lowest BCUT2D eigenvalue weighted by Gasteiger charge is -2.56. The number of fused-ring (bicyclic) bond motifs is 5. The van der Waals surface area contributed by atoms with E-state index in [1.165, 1.54) is 44.9 Å². The summed E-state index contributed by atoms with van der Waals surface area (Å²) in [5.74, 6) is 3.00. The highest BCUT2D eigenvalue weighted by Gasteiger charge is 2.56. The molecule has 3 fully saturated rings. The van der Waals surface area contributed by atoms with Gasteiger partial charge in [0.05, 0.1) is 12.7 Å². The van der Waals surface area contributed by atoms with Crippen LogP contribution in [-0.2, 0) is 9.53 Å². The van der Waals surface area contributed by atoms with Crippen LogP contribution in [0, 0.1) is 34.5 Å². The van der Waals surface area contributed by atoms with Crippen LogP contribution in [0.2, 0.25) is 0 Å². The number of ether oxygens (including phenoxy) is 1. The fraction of sp³-hybridized carbons (Fsp3) is 0.889. The molecule has 0 amide bonds. The summed E-state index contributed by atoms with van der Waals surface area (Å²) < 4.78 is 5.11. The first-order valence-electron chi connectivity index (χ1n) is 12.9. The summed E-state index contributed by atoms with van der Waals surface area (Å²) >= 11 is 0. The summed E-state index contributed by atoms with van der Waals surface area (Å²) in [5.41, 5.74) is 2.52. The van der Waals surface area contributed by atoms with Gasteiger partial charge in [-0.15, -0.1) is 0 Å². The zero-order valence-electron chi connectivity index (χ0n) is 20.2. The molecular weight excluding hydrogens is 372 g/mol. The minimum atomic E-state index is -0.0701. The average Bonchev–Trinajstić information content (AvgIpc) is 3.07. The Labute approximate surface area is 185 Å². The predicted octanol–water partition coefficient (Wildman–Crippen LogP) is 6.69. The minimum absolute atomic E-state index is 0.0289. The summed E-state index contributed by atoms with van der Waals surface area (Å²) in [6, 6.07) is 0. The molecule has 4 rings (SSSR count). The summed E-state index contributed by atoms with van der Waals surface area (Å²) in [5, 5.41) is 10.2. The van der Waals surface area contributed by atoms with E-state index in [2.05, 4.69) is 19.9 Å². The Kier molecular flexibility index (Phi) is 7.75. The van der Waals surface area contributed by atoms with Gasteiger partial charge in [-0.05, 0) is 106 Å². The predicted molar refractivity (Wildman–Crippen MR) is 123 cm³/mol. The highest BCUT2D eigenvalue weighted by molar-refractivity contribution is 5.69. The Morgan fingerprint density at radius 2 is 1.93 bits per heavy atom. The molecule has 4 aliphatic carbocycles. The van der Waals surface area contributed by atoms with E-state index in [-0.39, 0.29) is 12.1 Å². The number of hydrogen-bond acceptors (Lipinski definition) is 3. The maximum absolute atomic E-state index is 11.7. The Morgan fingerprint density at radius 1 is 1.17 bits per heavy atom. The van der Waals surface area contributed by atoms with Gasteiger partial charge in [0.1, 0.15) is 0 Å². The monoisotopic (exact) mass is 418 g/mol. The fourth-order valence-corrected chi connectivity index (χ4v) is 7.81. The summed E-state index contributed by atoms with van der Waals surface area (Å²) in [6.45, 7) is 11.4. The Balaban J connectivity index is 0.00000124. The third-order valence-corrected chi connectivity index (χ3v) is 9.43. The second kappa shape index (κ2) is 9.76. The number of carbonyl (C=O) groups is 1. The second-order valence-corrected chi connectivity index (χ2v) is 10.7. The van der Waals surface area contributed by atoms with Crippen LogP contribution < -0.4 is 0 Å². The molecule has 0 aromatic carbocycles. The van der Waals surface area contributed by atoms with Crippen LogP contribution in [0.25, 0.3) is 0 Å². The molecule has 4 aliphatic rings. The zero-order valence-corrected chi connectivity index (χ0v) is 20.2. The van der Waals surface area contributed by atoms with Crippen molar-refractivity contribution in [3.63, 3.8) is 0 Å². The van der Waals surface area contributed by atoms with Gasteiger partial charge in [-0.2, -0.15) is 0 Å². The molecule has 0 aliphatic heterocycles. The van der Waals surface area contributed by atoms with Crippen LogP contribution in [0.15, 0.2) is 11.6 Å². The van der Waals surface area contributed by atoms with Crippen LogP contribution >= 0.6 is 0 Å². The van der Waals surface area contributed by atoms with Gasteiger partial charge in [0.25, 0.3) is 0 Å². The molecule has 7 atom stereocenters. The van der Waals surface area contributed by atoms with Gasteiger partial charge in [-0.3, -0.25) is 4.79 Å². The molecule has 0 aromatic heterocycles. The van der Waals surface area contributed by atoms with Gasteiger partial charge < -0.3 is 9.84 Å². The summed E-state index contributed by atoms with van der Waals surface area (Å²) in [7, 11) is 0. The molecule has 3 heteroatoms. The van der Waals surface area contributed by atoms with Gasteiger partial charge in [0, 0.05) is 6.42 Å². The first-order valence-corrected chi connectivity index (χ1v) is 12.9. The third kappa shape index (κ3) is 4.25. The van der Waals surface area contributed by atoms with E-state index >= 15 is 0 Å². The van der Waals surface area contributed by atoms with Crippen molar-refractivity contribution < 1.29 is 14.6 Å². The van der Waals surface area contributed by atoms with E-state index in [1.54, 1.807) is 5.57 Å². The quantitative estimate of drug-likeness (QED) is 0.400. The molecule has 0 spiro atoms. The number of allylic oxidation sites excluding steroid dienone is 2. The lowest BCUT2D eigenvalue weighted by molar-refractivity contribution is -0.143. The highest BCUT2D eigenvalue weighted by atomic mass is 16.5. The van der Waals surface area contributed by atoms with Crippen molar-refractivity contribution in [2.45, 2.75) is 111 Å². The van der Waals surface area contributed by atoms with E-state index in [0.717, 1.165) is 37.0 Å².